The van der Waals surface area contributed by atoms with E-state index >= 15 is 0 Å². The van der Waals surface area contributed by atoms with Gasteiger partial charge < -0.3 is 19.3 Å². The highest BCUT2D eigenvalue weighted by molar-refractivity contribution is 5.71. The maximum atomic E-state index is 11.7. The van der Waals surface area contributed by atoms with Crippen LogP contribution < -0.4 is 14.2 Å². The van der Waals surface area contributed by atoms with Crippen LogP contribution in [0.1, 0.15) is 37.5 Å². The van der Waals surface area contributed by atoms with Crippen molar-refractivity contribution in [3.63, 3.8) is 0 Å². The normalized spacial score (nSPS) is 10.6. The predicted octanol–water partition coefficient (Wildman–Crippen LogP) is 4.89. The van der Waals surface area contributed by atoms with Crippen molar-refractivity contribution < 1.29 is 24.1 Å². The van der Waals surface area contributed by atoms with E-state index in [9.17, 15) is 9.90 Å². The van der Waals surface area contributed by atoms with E-state index in [0.717, 1.165) is 11.1 Å². The van der Waals surface area contributed by atoms with Crippen LogP contribution in [0.15, 0.2) is 72.8 Å². The van der Waals surface area contributed by atoms with Crippen LogP contribution in [0, 0.1) is 11.8 Å². The summed E-state index contributed by atoms with van der Waals surface area (Å²) in [5, 5.41) is 10.0. The Morgan fingerprint density at radius 1 is 0.844 bits per heavy atom. The van der Waals surface area contributed by atoms with E-state index in [4.69, 9.17) is 14.2 Å². The van der Waals surface area contributed by atoms with Gasteiger partial charge in [-0.25, -0.2) is 0 Å². The molecule has 0 heterocycles. The Morgan fingerprint density at radius 2 is 1.38 bits per heavy atom. The molecule has 0 saturated heterocycles. The summed E-state index contributed by atoms with van der Waals surface area (Å²) in [6.45, 7) is 5.12. The number of ether oxygens (including phenoxy) is 3. The van der Waals surface area contributed by atoms with Gasteiger partial charge in [0.05, 0.1) is 5.56 Å². The molecule has 0 fully saturated rings. The molecule has 0 amide bonds. The number of carbonyl (C=O) groups excluding carboxylic acids is 1. The molecular formula is C27H26O5. The first-order chi connectivity index (χ1) is 15.3. The van der Waals surface area contributed by atoms with Crippen molar-refractivity contribution in [1.82, 2.24) is 0 Å². The van der Waals surface area contributed by atoms with Crippen molar-refractivity contribution in [2.24, 2.45) is 0 Å². The molecule has 0 radical (unpaired) electrons. The zero-order chi connectivity index (χ0) is 23.0. The number of rotatable bonds is 7. The molecule has 0 aromatic heterocycles. The minimum Gasteiger partial charge on any atom is -0.487 e. The molecule has 0 atom stereocenters. The minimum atomic E-state index is -1.19. The lowest BCUT2D eigenvalue weighted by Gasteiger charge is -2.16. The van der Waals surface area contributed by atoms with Crippen LogP contribution >= 0.6 is 0 Å². The Morgan fingerprint density at radius 3 is 1.88 bits per heavy atom. The van der Waals surface area contributed by atoms with Crippen molar-refractivity contribution in [2.45, 2.75) is 39.6 Å². The summed E-state index contributed by atoms with van der Waals surface area (Å²) in [7, 11) is 0. The number of hydrogen-bond acceptors (Lipinski definition) is 5. The number of benzene rings is 3. The van der Waals surface area contributed by atoms with Crippen LogP contribution in [0.4, 0.5) is 0 Å². The Hall–Kier alpha value is -3.75. The highest BCUT2D eigenvalue weighted by Gasteiger charge is 2.16. The SMILES string of the molecule is CC(=O)Oc1cc(C#CC(C)(C)O)c(OCc2ccccc2)cc1OCc1ccccc1. The van der Waals surface area contributed by atoms with Gasteiger partial charge in [0, 0.05) is 19.1 Å². The molecule has 0 aliphatic carbocycles. The Labute approximate surface area is 188 Å². The van der Waals surface area contributed by atoms with Gasteiger partial charge in [-0.3, -0.25) is 4.79 Å². The van der Waals surface area contributed by atoms with Gasteiger partial charge in [0.1, 0.15) is 24.6 Å². The smallest absolute Gasteiger partial charge is 0.308 e. The van der Waals surface area contributed by atoms with Crippen molar-refractivity contribution >= 4 is 5.97 Å². The maximum Gasteiger partial charge on any atom is 0.308 e. The number of esters is 1. The maximum absolute atomic E-state index is 11.7. The fourth-order valence-electron chi connectivity index (χ4n) is 2.80. The monoisotopic (exact) mass is 430 g/mol. The number of carbonyl (C=O) groups is 1. The molecule has 0 spiro atoms. The first-order valence-corrected chi connectivity index (χ1v) is 10.3. The van der Waals surface area contributed by atoms with Crippen LogP contribution in [-0.4, -0.2) is 16.7 Å². The third kappa shape index (κ3) is 7.19. The second-order valence-corrected chi connectivity index (χ2v) is 7.75. The molecule has 3 aromatic carbocycles. The number of hydrogen-bond donors (Lipinski definition) is 1. The summed E-state index contributed by atoms with van der Waals surface area (Å²) in [5.74, 6) is 6.29. The number of aliphatic hydroxyl groups is 1. The second-order valence-electron chi connectivity index (χ2n) is 7.75. The first-order valence-electron chi connectivity index (χ1n) is 10.3. The summed E-state index contributed by atoms with van der Waals surface area (Å²) in [5.41, 5.74) is 1.25. The van der Waals surface area contributed by atoms with Gasteiger partial charge in [-0.1, -0.05) is 72.5 Å². The van der Waals surface area contributed by atoms with E-state index < -0.39 is 11.6 Å². The van der Waals surface area contributed by atoms with Crippen molar-refractivity contribution in [3.8, 4) is 29.1 Å². The average molecular weight is 431 g/mol. The van der Waals surface area contributed by atoms with E-state index in [1.807, 2.05) is 60.7 Å². The van der Waals surface area contributed by atoms with Crippen LogP contribution in [0.3, 0.4) is 0 Å². The minimum absolute atomic E-state index is 0.237. The standard InChI is InChI=1S/C27H26O5/c1-20(28)32-26-16-23(14-15-27(2,3)29)24(30-18-21-10-6-4-7-11-21)17-25(26)31-19-22-12-8-5-9-13-22/h4-13,16-17,29H,18-19H2,1-3H3. The zero-order valence-electron chi connectivity index (χ0n) is 18.4. The topological polar surface area (TPSA) is 65.0 Å². The lowest BCUT2D eigenvalue weighted by atomic mass is 10.1. The Balaban J connectivity index is 1.97. The van der Waals surface area contributed by atoms with Crippen molar-refractivity contribution in [3.05, 3.63) is 89.5 Å². The predicted molar refractivity (Wildman–Crippen MR) is 122 cm³/mol. The van der Waals surface area contributed by atoms with Gasteiger partial charge >= 0.3 is 5.97 Å². The van der Waals surface area contributed by atoms with E-state index in [0.29, 0.717) is 30.3 Å². The van der Waals surface area contributed by atoms with Crippen LogP contribution in [0.2, 0.25) is 0 Å². The summed E-state index contributed by atoms with van der Waals surface area (Å²) >= 11 is 0. The molecule has 3 aromatic rings. The van der Waals surface area contributed by atoms with E-state index in [1.165, 1.54) is 6.92 Å². The molecule has 0 saturated carbocycles. The van der Waals surface area contributed by atoms with Crippen molar-refractivity contribution in [2.75, 3.05) is 0 Å². The van der Waals surface area contributed by atoms with Gasteiger partial charge in [0.25, 0.3) is 0 Å². The molecule has 5 nitrogen and oxygen atoms in total. The molecule has 1 N–H and O–H groups in total. The third-order valence-corrected chi connectivity index (χ3v) is 4.28. The molecule has 32 heavy (non-hydrogen) atoms. The first kappa shape index (κ1) is 22.9. The van der Waals surface area contributed by atoms with Gasteiger partial charge in [0.2, 0.25) is 0 Å². The molecule has 0 aliphatic heterocycles. The van der Waals surface area contributed by atoms with Gasteiger partial charge in [-0.15, -0.1) is 0 Å². The van der Waals surface area contributed by atoms with Gasteiger partial charge in [-0.05, 0) is 25.0 Å². The van der Waals surface area contributed by atoms with Gasteiger partial charge in [0.15, 0.2) is 11.5 Å². The molecule has 0 aliphatic rings. The summed E-state index contributed by atoms with van der Waals surface area (Å²) in [6.07, 6.45) is 0. The fraction of sp³-hybridized carbons (Fsp3) is 0.222. The van der Waals surface area contributed by atoms with Crippen LogP contribution in [-0.2, 0) is 18.0 Å². The van der Waals surface area contributed by atoms with E-state index in [1.54, 1.807) is 26.0 Å². The third-order valence-electron chi connectivity index (χ3n) is 4.28. The highest BCUT2D eigenvalue weighted by atomic mass is 16.6. The molecular weight excluding hydrogens is 404 g/mol. The second kappa shape index (κ2) is 10.5. The molecule has 0 unspecified atom stereocenters. The largest absolute Gasteiger partial charge is 0.487 e. The van der Waals surface area contributed by atoms with Crippen molar-refractivity contribution in [1.29, 1.82) is 0 Å². The van der Waals surface area contributed by atoms with E-state index in [-0.39, 0.29) is 5.75 Å². The van der Waals surface area contributed by atoms with Gasteiger partial charge in [-0.2, -0.15) is 0 Å². The quantitative estimate of drug-likeness (QED) is 0.328. The molecule has 164 valence electrons. The molecule has 5 heteroatoms. The Bertz CT molecular complexity index is 1100. The van der Waals surface area contributed by atoms with Crippen LogP contribution in [0.25, 0.3) is 0 Å². The fourth-order valence-corrected chi connectivity index (χ4v) is 2.80. The zero-order valence-corrected chi connectivity index (χ0v) is 18.4. The van der Waals surface area contributed by atoms with E-state index in [2.05, 4.69) is 11.8 Å². The average Bonchev–Trinajstić information content (AvgIpc) is 2.76. The summed E-state index contributed by atoms with van der Waals surface area (Å²) in [6, 6.07) is 22.7. The van der Waals surface area contributed by atoms with Crippen LogP contribution in [0.5, 0.6) is 17.2 Å². The molecule has 3 rings (SSSR count). The summed E-state index contributed by atoms with van der Waals surface area (Å²) in [4.78, 5) is 11.7. The summed E-state index contributed by atoms with van der Waals surface area (Å²) < 4.78 is 17.4. The molecule has 0 bridgehead atoms. The Kier molecular flexibility index (Phi) is 7.54. The highest BCUT2D eigenvalue weighted by Crippen LogP contribution is 2.36. The lowest BCUT2D eigenvalue weighted by Crippen LogP contribution is -2.14. The lowest BCUT2D eigenvalue weighted by molar-refractivity contribution is -0.132.